The molecule has 1 unspecified atom stereocenters. The Labute approximate surface area is 124 Å². The third-order valence-corrected chi connectivity index (χ3v) is 4.66. The number of nitrogens with zero attached hydrogens (tertiary/aromatic N) is 1. The molecule has 2 rings (SSSR count). The first-order valence-corrected chi connectivity index (χ1v) is 7.55. The predicted octanol–water partition coefficient (Wildman–Crippen LogP) is 2.89. The molecule has 4 heteroatoms. The SMILES string of the molecule is CNCC1(C)CCN(Cc2cc(OC)ccc2Br)C1. The van der Waals surface area contributed by atoms with E-state index in [2.05, 4.69) is 45.2 Å². The van der Waals surface area contributed by atoms with E-state index in [-0.39, 0.29) is 0 Å². The van der Waals surface area contributed by atoms with Crippen LogP contribution in [0.4, 0.5) is 0 Å². The second-order valence-electron chi connectivity index (χ2n) is 5.76. The van der Waals surface area contributed by atoms with Gasteiger partial charge in [-0.1, -0.05) is 22.9 Å². The van der Waals surface area contributed by atoms with Gasteiger partial charge in [0.1, 0.15) is 5.75 Å². The summed E-state index contributed by atoms with van der Waals surface area (Å²) in [6.07, 6.45) is 1.26. The van der Waals surface area contributed by atoms with Crippen LogP contribution >= 0.6 is 15.9 Å². The van der Waals surface area contributed by atoms with Crippen molar-refractivity contribution in [2.75, 3.05) is 33.8 Å². The number of rotatable bonds is 5. The summed E-state index contributed by atoms with van der Waals surface area (Å²) in [6.45, 7) is 6.75. The Morgan fingerprint density at radius 3 is 2.95 bits per heavy atom. The molecule has 1 aliphatic heterocycles. The highest BCUT2D eigenvalue weighted by molar-refractivity contribution is 9.10. The van der Waals surface area contributed by atoms with Crippen molar-refractivity contribution in [3.05, 3.63) is 28.2 Å². The topological polar surface area (TPSA) is 24.5 Å². The van der Waals surface area contributed by atoms with Crippen molar-refractivity contribution >= 4 is 15.9 Å². The summed E-state index contributed by atoms with van der Waals surface area (Å²) >= 11 is 3.63. The number of hydrogen-bond acceptors (Lipinski definition) is 3. The Kier molecular flexibility index (Phi) is 4.87. The van der Waals surface area contributed by atoms with Gasteiger partial charge in [0.05, 0.1) is 7.11 Å². The molecule has 1 fully saturated rings. The first-order chi connectivity index (χ1) is 9.06. The number of benzene rings is 1. The Morgan fingerprint density at radius 2 is 2.26 bits per heavy atom. The van der Waals surface area contributed by atoms with E-state index in [4.69, 9.17) is 4.74 Å². The summed E-state index contributed by atoms with van der Waals surface area (Å²) in [4.78, 5) is 2.52. The highest BCUT2D eigenvalue weighted by Crippen LogP contribution is 2.32. The second kappa shape index (κ2) is 6.25. The van der Waals surface area contributed by atoms with Crippen LogP contribution < -0.4 is 10.1 Å². The van der Waals surface area contributed by atoms with Crippen molar-refractivity contribution in [3.8, 4) is 5.75 Å². The quantitative estimate of drug-likeness (QED) is 0.900. The first kappa shape index (κ1) is 14.8. The van der Waals surface area contributed by atoms with Crippen LogP contribution in [0.2, 0.25) is 0 Å². The average Bonchev–Trinajstić information content (AvgIpc) is 2.74. The molecular weight excluding hydrogens is 304 g/mol. The van der Waals surface area contributed by atoms with Crippen molar-refractivity contribution < 1.29 is 4.74 Å². The zero-order chi connectivity index (χ0) is 13.9. The van der Waals surface area contributed by atoms with E-state index in [1.54, 1.807) is 7.11 Å². The van der Waals surface area contributed by atoms with Gasteiger partial charge in [-0.05, 0) is 49.2 Å². The summed E-state index contributed by atoms with van der Waals surface area (Å²) < 4.78 is 6.47. The van der Waals surface area contributed by atoms with Gasteiger partial charge in [-0.3, -0.25) is 4.90 Å². The van der Waals surface area contributed by atoms with Crippen LogP contribution in [0.5, 0.6) is 5.75 Å². The van der Waals surface area contributed by atoms with Crippen molar-refractivity contribution in [1.29, 1.82) is 0 Å². The van der Waals surface area contributed by atoms with Crippen LogP contribution in [0.25, 0.3) is 0 Å². The van der Waals surface area contributed by atoms with Gasteiger partial charge >= 0.3 is 0 Å². The van der Waals surface area contributed by atoms with Crippen LogP contribution in [-0.4, -0.2) is 38.7 Å². The maximum Gasteiger partial charge on any atom is 0.119 e. The number of halogens is 1. The summed E-state index contributed by atoms with van der Waals surface area (Å²) in [5.41, 5.74) is 1.70. The van der Waals surface area contributed by atoms with Crippen molar-refractivity contribution in [2.45, 2.75) is 19.9 Å². The number of nitrogens with one attached hydrogen (secondary N) is 1. The van der Waals surface area contributed by atoms with Crippen molar-refractivity contribution in [3.63, 3.8) is 0 Å². The molecule has 0 saturated carbocycles. The first-order valence-electron chi connectivity index (χ1n) is 6.76. The molecule has 0 aliphatic carbocycles. The maximum atomic E-state index is 5.30. The lowest BCUT2D eigenvalue weighted by Gasteiger charge is -2.24. The fraction of sp³-hybridized carbons (Fsp3) is 0.600. The van der Waals surface area contributed by atoms with Gasteiger partial charge in [0.25, 0.3) is 0 Å². The number of ether oxygens (including phenoxy) is 1. The van der Waals surface area contributed by atoms with Crippen LogP contribution in [0.3, 0.4) is 0 Å². The second-order valence-corrected chi connectivity index (χ2v) is 6.61. The van der Waals surface area contributed by atoms with Crippen LogP contribution in [-0.2, 0) is 6.54 Å². The van der Waals surface area contributed by atoms with E-state index in [9.17, 15) is 0 Å². The molecule has 0 bridgehead atoms. The summed E-state index contributed by atoms with van der Waals surface area (Å²) in [5.74, 6) is 0.926. The van der Waals surface area contributed by atoms with Gasteiger partial charge in [0.2, 0.25) is 0 Å². The van der Waals surface area contributed by atoms with E-state index >= 15 is 0 Å². The fourth-order valence-corrected chi connectivity index (χ4v) is 3.24. The van der Waals surface area contributed by atoms with Crippen molar-refractivity contribution in [1.82, 2.24) is 10.2 Å². The van der Waals surface area contributed by atoms with E-state index in [0.29, 0.717) is 5.41 Å². The molecule has 0 spiro atoms. The third kappa shape index (κ3) is 3.71. The standard InChI is InChI=1S/C15H23BrN2O/c1-15(10-17-2)6-7-18(11-15)9-12-8-13(19-3)4-5-14(12)16/h4-5,8,17H,6-7,9-11H2,1-3H3. The minimum Gasteiger partial charge on any atom is -0.497 e. The summed E-state index contributed by atoms with van der Waals surface area (Å²) in [5, 5.41) is 3.31. The predicted molar refractivity (Wildman–Crippen MR) is 82.6 cm³/mol. The Hall–Kier alpha value is -0.580. The lowest BCUT2D eigenvalue weighted by Crippen LogP contribution is -2.32. The molecule has 1 aromatic rings. The minimum atomic E-state index is 0.403. The molecule has 1 saturated heterocycles. The van der Waals surface area contributed by atoms with Gasteiger partial charge in [0, 0.05) is 24.1 Å². The van der Waals surface area contributed by atoms with Gasteiger partial charge < -0.3 is 10.1 Å². The Bertz CT molecular complexity index is 438. The molecule has 1 atom stereocenters. The molecule has 0 amide bonds. The molecule has 0 radical (unpaired) electrons. The summed E-state index contributed by atoms with van der Waals surface area (Å²) in [7, 11) is 3.75. The Morgan fingerprint density at radius 1 is 1.47 bits per heavy atom. The third-order valence-electron chi connectivity index (χ3n) is 3.89. The largest absolute Gasteiger partial charge is 0.497 e. The van der Waals surface area contributed by atoms with Crippen molar-refractivity contribution in [2.24, 2.45) is 5.41 Å². The molecule has 3 nitrogen and oxygen atoms in total. The van der Waals surface area contributed by atoms with E-state index in [0.717, 1.165) is 29.9 Å². The Balaban J connectivity index is 2.02. The molecule has 19 heavy (non-hydrogen) atoms. The lowest BCUT2D eigenvalue weighted by molar-refractivity contribution is 0.265. The molecule has 106 valence electrons. The number of likely N-dealkylation sites (tertiary alicyclic amines) is 1. The van der Waals surface area contributed by atoms with Gasteiger partial charge in [0.15, 0.2) is 0 Å². The van der Waals surface area contributed by atoms with Gasteiger partial charge in [-0.15, -0.1) is 0 Å². The van der Waals surface area contributed by atoms with E-state index in [1.165, 1.54) is 18.5 Å². The molecule has 1 aliphatic rings. The van der Waals surface area contributed by atoms with E-state index in [1.807, 2.05) is 13.1 Å². The van der Waals surface area contributed by atoms with Gasteiger partial charge in [-0.2, -0.15) is 0 Å². The van der Waals surface area contributed by atoms with E-state index < -0.39 is 0 Å². The highest BCUT2D eigenvalue weighted by atomic mass is 79.9. The van der Waals surface area contributed by atoms with Gasteiger partial charge in [-0.25, -0.2) is 0 Å². The molecule has 1 heterocycles. The normalized spacial score (nSPS) is 23.8. The summed E-state index contributed by atoms with van der Waals surface area (Å²) in [6, 6.07) is 6.18. The highest BCUT2D eigenvalue weighted by Gasteiger charge is 2.33. The molecule has 1 aromatic carbocycles. The van der Waals surface area contributed by atoms with Crippen LogP contribution in [0, 0.1) is 5.41 Å². The lowest BCUT2D eigenvalue weighted by atomic mass is 9.90. The minimum absolute atomic E-state index is 0.403. The average molecular weight is 327 g/mol. The van der Waals surface area contributed by atoms with Crippen LogP contribution in [0.1, 0.15) is 18.9 Å². The number of methoxy groups -OCH3 is 1. The van der Waals surface area contributed by atoms with Crippen LogP contribution in [0.15, 0.2) is 22.7 Å². The molecule has 1 N–H and O–H groups in total. The zero-order valence-corrected chi connectivity index (χ0v) is 13.6. The monoisotopic (exact) mass is 326 g/mol. The maximum absolute atomic E-state index is 5.30. The number of hydrogen-bond donors (Lipinski definition) is 1. The molecule has 0 aromatic heterocycles. The fourth-order valence-electron chi connectivity index (χ4n) is 2.87. The zero-order valence-electron chi connectivity index (χ0n) is 12.0. The smallest absolute Gasteiger partial charge is 0.119 e. The molecular formula is C15H23BrN2O.